The molecule has 3 rings (SSSR count). The Hall–Kier alpha value is -3.21. The van der Waals surface area contributed by atoms with Gasteiger partial charge >= 0.3 is 0 Å². The minimum atomic E-state index is 0.508. The molecule has 0 fully saturated rings. The minimum absolute atomic E-state index is 0.508. The number of rotatable bonds is 6. The van der Waals surface area contributed by atoms with Crippen LogP contribution >= 0.6 is 0 Å². The van der Waals surface area contributed by atoms with E-state index in [1.807, 2.05) is 54.6 Å². The van der Waals surface area contributed by atoms with Crippen molar-refractivity contribution in [3.05, 3.63) is 71.8 Å². The Balaban J connectivity index is 1.76. The van der Waals surface area contributed by atoms with Crippen molar-refractivity contribution in [3.8, 4) is 17.0 Å². The first-order valence-corrected chi connectivity index (χ1v) is 7.55. The summed E-state index contributed by atoms with van der Waals surface area (Å²) >= 11 is 0. The maximum absolute atomic E-state index is 11.4. The number of ether oxygens (including phenoxy) is 1. The molecule has 120 valence electrons. The number of methoxy groups -OCH3 is 1. The van der Waals surface area contributed by atoms with Gasteiger partial charge in [0.2, 0.25) is 0 Å². The third kappa shape index (κ3) is 3.57. The van der Waals surface area contributed by atoms with E-state index in [1.165, 1.54) is 0 Å². The van der Waals surface area contributed by atoms with Crippen molar-refractivity contribution in [2.24, 2.45) is 0 Å². The standard InChI is InChI=1S/C19H17N3O2/c1-24-17-9-7-14(8-10-17)12-20-18-11-16(13-23)19(22-21-18)15-5-3-2-4-6-15/h2-11,13H,12H2,1H3,(H,20,21). The summed E-state index contributed by atoms with van der Waals surface area (Å²) in [6.45, 7) is 0.585. The van der Waals surface area contributed by atoms with E-state index in [9.17, 15) is 4.79 Å². The summed E-state index contributed by atoms with van der Waals surface area (Å²) in [5.41, 5.74) is 3.04. The van der Waals surface area contributed by atoms with Crippen molar-refractivity contribution in [2.75, 3.05) is 12.4 Å². The average molecular weight is 319 g/mol. The van der Waals surface area contributed by atoms with E-state index in [0.717, 1.165) is 23.2 Å². The molecule has 1 N–H and O–H groups in total. The smallest absolute Gasteiger partial charge is 0.152 e. The molecule has 5 nitrogen and oxygen atoms in total. The van der Waals surface area contributed by atoms with E-state index in [0.29, 0.717) is 23.6 Å². The van der Waals surface area contributed by atoms with Crippen LogP contribution < -0.4 is 10.1 Å². The third-order valence-electron chi connectivity index (χ3n) is 3.63. The van der Waals surface area contributed by atoms with Crippen LogP contribution in [0.15, 0.2) is 60.7 Å². The minimum Gasteiger partial charge on any atom is -0.497 e. The predicted molar refractivity (Wildman–Crippen MR) is 93.2 cm³/mol. The van der Waals surface area contributed by atoms with Gasteiger partial charge in [-0.3, -0.25) is 4.79 Å². The Kier molecular flexibility index (Phi) is 4.81. The van der Waals surface area contributed by atoms with Crippen molar-refractivity contribution in [1.82, 2.24) is 10.2 Å². The van der Waals surface area contributed by atoms with Gasteiger partial charge in [0.1, 0.15) is 17.3 Å². The molecule has 24 heavy (non-hydrogen) atoms. The molecule has 0 unspecified atom stereocenters. The number of anilines is 1. The van der Waals surface area contributed by atoms with Crippen molar-refractivity contribution < 1.29 is 9.53 Å². The van der Waals surface area contributed by atoms with Crippen molar-refractivity contribution >= 4 is 12.1 Å². The number of aromatic nitrogens is 2. The fourth-order valence-corrected chi connectivity index (χ4v) is 2.34. The summed E-state index contributed by atoms with van der Waals surface area (Å²) in [5, 5.41) is 11.5. The SMILES string of the molecule is COc1ccc(CNc2cc(C=O)c(-c3ccccc3)nn2)cc1. The molecule has 1 heterocycles. The second kappa shape index (κ2) is 7.37. The maximum atomic E-state index is 11.4. The molecule has 0 atom stereocenters. The number of hydrogen-bond acceptors (Lipinski definition) is 5. The van der Waals surface area contributed by atoms with Crippen LogP contribution in [-0.4, -0.2) is 23.6 Å². The Morgan fingerprint density at radius 2 is 1.79 bits per heavy atom. The van der Waals surface area contributed by atoms with E-state index < -0.39 is 0 Å². The molecule has 0 aliphatic rings. The van der Waals surface area contributed by atoms with Crippen LogP contribution in [0.2, 0.25) is 0 Å². The lowest BCUT2D eigenvalue weighted by atomic mass is 10.1. The summed E-state index contributed by atoms with van der Waals surface area (Å²) < 4.78 is 5.14. The lowest BCUT2D eigenvalue weighted by Crippen LogP contribution is -2.05. The van der Waals surface area contributed by atoms with Crippen LogP contribution in [0, 0.1) is 0 Å². The molecule has 0 saturated heterocycles. The lowest BCUT2D eigenvalue weighted by Gasteiger charge is -2.08. The van der Waals surface area contributed by atoms with Gasteiger partial charge in [-0.05, 0) is 23.8 Å². The van der Waals surface area contributed by atoms with E-state index >= 15 is 0 Å². The molecule has 0 saturated carbocycles. The number of carbonyl (C=O) groups is 1. The monoisotopic (exact) mass is 319 g/mol. The Bertz CT molecular complexity index is 818. The van der Waals surface area contributed by atoms with Gasteiger partial charge < -0.3 is 10.1 Å². The predicted octanol–water partition coefficient (Wildman–Crippen LogP) is 3.58. The summed E-state index contributed by atoms with van der Waals surface area (Å²) in [6.07, 6.45) is 0.801. The molecular weight excluding hydrogens is 302 g/mol. The van der Waals surface area contributed by atoms with E-state index in [1.54, 1.807) is 13.2 Å². The second-order valence-corrected chi connectivity index (χ2v) is 5.22. The topological polar surface area (TPSA) is 64.1 Å². The first kappa shape index (κ1) is 15.7. The highest BCUT2D eigenvalue weighted by atomic mass is 16.5. The van der Waals surface area contributed by atoms with Gasteiger partial charge in [-0.15, -0.1) is 10.2 Å². The quantitative estimate of drug-likeness (QED) is 0.704. The van der Waals surface area contributed by atoms with Crippen LogP contribution in [0.25, 0.3) is 11.3 Å². The summed E-state index contributed by atoms with van der Waals surface area (Å²) in [6, 6.07) is 19.0. The van der Waals surface area contributed by atoms with Gasteiger partial charge in [-0.25, -0.2) is 0 Å². The zero-order valence-electron chi connectivity index (χ0n) is 13.3. The van der Waals surface area contributed by atoms with Gasteiger partial charge in [0.25, 0.3) is 0 Å². The van der Waals surface area contributed by atoms with Crippen LogP contribution in [-0.2, 0) is 6.54 Å². The third-order valence-corrected chi connectivity index (χ3v) is 3.63. The van der Waals surface area contributed by atoms with Crippen LogP contribution in [0.4, 0.5) is 5.82 Å². The number of nitrogens with one attached hydrogen (secondary N) is 1. The fraction of sp³-hybridized carbons (Fsp3) is 0.105. The Labute approximate surface area is 140 Å². The maximum Gasteiger partial charge on any atom is 0.152 e. The van der Waals surface area contributed by atoms with E-state index in [2.05, 4.69) is 15.5 Å². The Morgan fingerprint density at radius 3 is 2.46 bits per heavy atom. The molecule has 0 aliphatic carbocycles. The molecule has 0 radical (unpaired) electrons. The number of benzene rings is 2. The normalized spacial score (nSPS) is 10.2. The summed E-state index contributed by atoms with van der Waals surface area (Å²) in [5.74, 6) is 1.38. The first-order chi connectivity index (χ1) is 11.8. The molecule has 3 aromatic rings. The average Bonchev–Trinajstić information content (AvgIpc) is 2.67. The molecule has 0 bridgehead atoms. The van der Waals surface area contributed by atoms with Gasteiger partial charge in [0, 0.05) is 17.7 Å². The zero-order valence-corrected chi connectivity index (χ0v) is 13.3. The van der Waals surface area contributed by atoms with Crippen LogP contribution in [0.3, 0.4) is 0 Å². The number of hydrogen-bond donors (Lipinski definition) is 1. The summed E-state index contributed by atoms with van der Waals surface area (Å²) in [4.78, 5) is 11.4. The van der Waals surface area contributed by atoms with Crippen molar-refractivity contribution in [2.45, 2.75) is 6.54 Å². The van der Waals surface area contributed by atoms with Crippen molar-refractivity contribution in [1.29, 1.82) is 0 Å². The molecular formula is C19H17N3O2. The highest BCUT2D eigenvalue weighted by molar-refractivity contribution is 5.86. The molecule has 1 aromatic heterocycles. The highest BCUT2D eigenvalue weighted by Gasteiger charge is 2.08. The summed E-state index contributed by atoms with van der Waals surface area (Å²) in [7, 11) is 1.64. The second-order valence-electron chi connectivity index (χ2n) is 5.22. The number of carbonyl (C=O) groups excluding carboxylic acids is 1. The number of nitrogens with zero attached hydrogens (tertiary/aromatic N) is 2. The zero-order chi connectivity index (χ0) is 16.8. The van der Waals surface area contributed by atoms with Gasteiger partial charge in [-0.1, -0.05) is 42.5 Å². The number of aldehydes is 1. The van der Waals surface area contributed by atoms with Gasteiger partial charge in [-0.2, -0.15) is 0 Å². The molecule has 2 aromatic carbocycles. The fourth-order valence-electron chi connectivity index (χ4n) is 2.34. The van der Waals surface area contributed by atoms with E-state index in [-0.39, 0.29) is 0 Å². The largest absolute Gasteiger partial charge is 0.497 e. The van der Waals surface area contributed by atoms with Crippen LogP contribution in [0.1, 0.15) is 15.9 Å². The first-order valence-electron chi connectivity index (χ1n) is 7.55. The van der Waals surface area contributed by atoms with Crippen LogP contribution in [0.5, 0.6) is 5.75 Å². The van der Waals surface area contributed by atoms with Gasteiger partial charge in [0.15, 0.2) is 6.29 Å². The highest BCUT2D eigenvalue weighted by Crippen LogP contribution is 2.21. The molecule has 0 spiro atoms. The Morgan fingerprint density at radius 1 is 1.04 bits per heavy atom. The van der Waals surface area contributed by atoms with Gasteiger partial charge in [0.05, 0.1) is 7.11 Å². The molecule has 0 amide bonds. The van der Waals surface area contributed by atoms with Crippen molar-refractivity contribution in [3.63, 3.8) is 0 Å². The van der Waals surface area contributed by atoms with E-state index in [4.69, 9.17) is 4.74 Å². The molecule has 5 heteroatoms. The molecule has 0 aliphatic heterocycles. The lowest BCUT2D eigenvalue weighted by molar-refractivity contribution is 0.112.